The Bertz CT molecular complexity index is 319. The average molecular weight is 220 g/mol. The number of carbonyl (C=O) groups excluding carboxylic acids is 1. The third kappa shape index (κ3) is 2.17. The normalized spacial score (nSPS) is 22.5. The molecular formula is C7H8O8. The van der Waals surface area contributed by atoms with E-state index in [-0.39, 0.29) is 0 Å². The van der Waals surface area contributed by atoms with Crippen LogP contribution < -0.4 is 0 Å². The van der Waals surface area contributed by atoms with Gasteiger partial charge in [0.2, 0.25) is 11.5 Å². The molecule has 0 aliphatic carbocycles. The van der Waals surface area contributed by atoms with Gasteiger partial charge in [-0.05, 0) is 0 Å². The molecule has 0 aromatic rings. The lowest BCUT2D eigenvalue weighted by Crippen LogP contribution is -2.32. The van der Waals surface area contributed by atoms with Crippen LogP contribution in [0.25, 0.3) is 0 Å². The van der Waals surface area contributed by atoms with E-state index in [4.69, 9.17) is 20.4 Å². The predicted molar refractivity (Wildman–Crippen MR) is 41.7 cm³/mol. The summed E-state index contributed by atoms with van der Waals surface area (Å²) in [7, 11) is 0. The molecule has 8 nitrogen and oxygen atoms in total. The summed E-state index contributed by atoms with van der Waals surface area (Å²) in [5, 5.41) is 35.0. The minimum atomic E-state index is -1.77. The van der Waals surface area contributed by atoms with Gasteiger partial charge in [0.05, 0.1) is 6.61 Å². The van der Waals surface area contributed by atoms with Crippen LogP contribution in [-0.2, 0) is 14.3 Å². The van der Waals surface area contributed by atoms with Crippen molar-refractivity contribution in [2.75, 3.05) is 6.61 Å². The molecule has 0 amide bonds. The van der Waals surface area contributed by atoms with Gasteiger partial charge in [0.25, 0.3) is 0 Å². The Morgan fingerprint density at radius 3 is 2.67 bits per heavy atom. The zero-order valence-corrected chi connectivity index (χ0v) is 7.28. The first-order chi connectivity index (χ1) is 6.97. The van der Waals surface area contributed by atoms with Crippen molar-refractivity contribution < 1.29 is 39.5 Å². The number of ether oxygens (including phenoxy) is 2. The number of hydrogen-bond acceptors (Lipinski definition) is 7. The molecule has 0 unspecified atom stereocenters. The maximum Gasteiger partial charge on any atom is 0.511 e. The molecule has 0 saturated heterocycles. The van der Waals surface area contributed by atoms with E-state index >= 15 is 0 Å². The lowest BCUT2D eigenvalue weighted by molar-refractivity contribution is -0.147. The lowest BCUT2D eigenvalue weighted by atomic mass is 10.2. The van der Waals surface area contributed by atoms with Crippen LogP contribution in [0.2, 0.25) is 0 Å². The van der Waals surface area contributed by atoms with Crippen LogP contribution in [0.4, 0.5) is 4.79 Å². The summed E-state index contributed by atoms with van der Waals surface area (Å²) in [4.78, 5) is 21.0. The van der Waals surface area contributed by atoms with E-state index in [1.807, 2.05) is 0 Å². The van der Waals surface area contributed by atoms with Gasteiger partial charge < -0.3 is 29.9 Å². The van der Waals surface area contributed by atoms with Crippen LogP contribution in [0.1, 0.15) is 0 Å². The van der Waals surface area contributed by atoms with Gasteiger partial charge in [-0.2, -0.15) is 0 Å². The fraction of sp³-hybridized carbons (Fsp3) is 0.429. The lowest BCUT2D eigenvalue weighted by Gasteiger charge is -2.16. The molecule has 8 heteroatoms. The first kappa shape index (κ1) is 11.3. The minimum absolute atomic E-state index is 0.728. The molecule has 2 atom stereocenters. The Balaban J connectivity index is 2.92. The van der Waals surface area contributed by atoms with E-state index in [9.17, 15) is 9.59 Å². The van der Waals surface area contributed by atoms with Crippen molar-refractivity contribution in [1.82, 2.24) is 0 Å². The maximum atomic E-state index is 10.8. The van der Waals surface area contributed by atoms with Crippen LogP contribution in [0, 0.1) is 0 Å². The maximum absolute atomic E-state index is 10.8. The van der Waals surface area contributed by atoms with Gasteiger partial charge >= 0.3 is 12.1 Å². The summed E-state index contributed by atoms with van der Waals surface area (Å²) in [5.74, 6) is -2.98. The monoisotopic (exact) mass is 220 g/mol. The van der Waals surface area contributed by atoms with Crippen LogP contribution in [0.3, 0.4) is 0 Å². The minimum Gasteiger partial charge on any atom is -0.499 e. The molecule has 0 saturated carbocycles. The van der Waals surface area contributed by atoms with Crippen LogP contribution >= 0.6 is 0 Å². The first-order valence-electron chi connectivity index (χ1n) is 3.81. The summed E-state index contributed by atoms with van der Waals surface area (Å²) in [6.07, 6.45) is -4.85. The average Bonchev–Trinajstić information content (AvgIpc) is 2.44. The second-order valence-corrected chi connectivity index (χ2v) is 2.66. The predicted octanol–water partition coefficient (Wildman–Crippen LogP) is -1.27. The Hall–Kier alpha value is -1.80. The molecule has 0 fully saturated rings. The van der Waals surface area contributed by atoms with Crippen LogP contribution in [0.15, 0.2) is 11.5 Å². The zero-order chi connectivity index (χ0) is 11.6. The molecule has 1 heterocycles. The molecular weight excluding hydrogens is 212 g/mol. The van der Waals surface area contributed by atoms with Gasteiger partial charge in [0, 0.05) is 0 Å². The van der Waals surface area contributed by atoms with E-state index in [0.29, 0.717) is 0 Å². The standard InChI is InChI=1S/C7H8O8/c8-1-2(9)4-5(15-7(12)13)3(10)6(11)14-4/h2,4,8-10H,1H2,(H,12,13)/t2-,4+/m0/s1. The van der Waals surface area contributed by atoms with E-state index in [1.54, 1.807) is 0 Å². The number of aliphatic hydroxyl groups is 3. The van der Waals surface area contributed by atoms with Crippen molar-refractivity contribution in [2.45, 2.75) is 12.2 Å². The molecule has 84 valence electrons. The van der Waals surface area contributed by atoms with Crippen molar-refractivity contribution in [1.29, 1.82) is 0 Å². The smallest absolute Gasteiger partial charge is 0.499 e. The van der Waals surface area contributed by atoms with Crippen molar-refractivity contribution in [3.63, 3.8) is 0 Å². The van der Waals surface area contributed by atoms with Crippen LogP contribution in [-0.4, -0.2) is 51.4 Å². The highest BCUT2D eigenvalue weighted by Gasteiger charge is 2.41. The molecule has 0 aromatic heterocycles. The highest BCUT2D eigenvalue weighted by Crippen LogP contribution is 2.24. The number of carboxylic acid groups (broad SMARTS) is 1. The summed E-state index contributed by atoms with van der Waals surface area (Å²) in [6.45, 7) is -0.780. The highest BCUT2D eigenvalue weighted by molar-refractivity contribution is 5.89. The third-order valence-electron chi connectivity index (χ3n) is 1.65. The molecule has 0 radical (unpaired) electrons. The Morgan fingerprint density at radius 2 is 2.20 bits per heavy atom. The largest absolute Gasteiger partial charge is 0.511 e. The van der Waals surface area contributed by atoms with Crippen LogP contribution in [0.5, 0.6) is 0 Å². The fourth-order valence-electron chi connectivity index (χ4n) is 1.01. The van der Waals surface area contributed by atoms with Gasteiger partial charge in [0.15, 0.2) is 6.10 Å². The van der Waals surface area contributed by atoms with E-state index < -0.39 is 42.5 Å². The first-order valence-corrected chi connectivity index (χ1v) is 3.81. The quantitative estimate of drug-likeness (QED) is 0.432. The van der Waals surface area contributed by atoms with Gasteiger partial charge in [-0.25, -0.2) is 9.59 Å². The van der Waals surface area contributed by atoms with Crippen molar-refractivity contribution in [3.8, 4) is 0 Å². The van der Waals surface area contributed by atoms with Crippen molar-refractivity contribution in [3.05, 3.63) is 11.5 Å². The number of carbonyl (C=O) groups is 2. The number of hydrogen-bond donors (Lipinski definition) is 4. The molecule has 1 aliphatic heterocycles. The second-order valence-electron chi connectivity index (χ2n) is 2.66. The number of esters is 1. The van der Waals surface area contributed by atoms with E-state index in [1.165, 1.54) is 0 Å². The van der Waals surface area contributed by atoms with Crippen molar-refractivity contribution in [2.24, 2.45) is 0 Å². The summed E-state index contributed by atoms with van der Waals surface area (Å²) < 4.78 is 8.44. The van der Waals surface area contributed by atoms with Crippen molar-refractivity contribution >= 4 is 12.1 Å². The summed E-state index contributed by atoms with van der Waals surface area (Å²) in [6, 6.07) is 0. The second kappa shape index (κ2) is 4.15. The van der Waals surface area contributed by atoms with E-state index in [2.05, 4.69) is 9.47 Å². The fourth-order valence-corrected chi connectivity index (χ4v) is 1.01. The van der Waals surface area contributed by atoms with Gasteiger partial charge in [-0.15, -0.1) is 0 Å². The van der Waals surface area contributed by atoms with E-state index in [0.717, 1.165) is 0 Å². The van der Waals surface area contributed by atoms with Gasteiger partial charge in [0.1, 0.15) is 6.10 Å². The molecule has 0 aromatic carbocycles. The van der Waals surface area contributed by atoms with Gasteiger partial charge in [-0.1, -0.05) is 0 Å². The SMILES string of the molecule is O=C(O)OC1=C(O)C(=O)O[C@@H]1[C@@H](O)CO. The summed E-state index contributed by atoms with van der Waals surface area (Å²) >= 11 is 0. The number of aliphatic hydroxyl groups excluding tert-OH is 3. The molecule has 4 N–H and O–H groups in total. The highest BCUT2D eigenvalue weighted by atomic mass is 16.7. The number of cyclic esters (lactones) is 1. The number of rotatable bonds is 3. The molecule has 0 bridgehead atoms. The Labute approximate surface area is 83.0 Å². The topological polar surface area (TPSA) is 134 Å². The molecule has 1 aliphatic rings. The Kier molecular flexibility index (Phi) is 3.12. The summed E-state index contributed by atoms with van der Waals surface area (Å²) in [5.41, 5.74) is 0. The Morgan fingerprint density at radius 1 is 1.60 bits per heavy atom. The molecule has 1 rings (SSSR count). The third-order valence-corrected chi connectivity index (χ3v) is 1.65. The molecule has 15 heavy (non-hydrogen) atoms. The zero-order valence-electron chi connectivity index (χ0n) is 7.28. The molecule has 0 spiro atoms. The van der Waals surface area contributed by atoms with Gasteiger partial charge in [-0.3, -0.25) is 0 Å².